The molecule has 0 radical (unpaired) electrons. The van der Waals surface area contributed by atoms with Crippen LogP contribution in [0, 0.1) is 6.92 Å². The smallest absolute Gasteiger partial charge is 0.261 e. The molecular weight excluding hydrogens is 400 g/mol. The first-order valence-corrected chi connectivity index (χ1v) is 11.2. The molecular formula is C27H32N2O3. The van der Waals surface area contributed by atoms with Gasteiger partial charge in [-0.25, -0.2) is 0 Å². The van der Waals surface area contributed by atoms with Crippen LogP contribution < -0.4 is 10.1 Å². The second kappa shape index (κ2) is 10.8. The van der Waals surface area contributed by atoms with E-state index in [0.717, 1.165) is 21.9 Å². The first-order valence-electron chi connectivity index (χ1n) is 11.2. The Bertz CT molecular complexity index is 1070. The van der Waals surface area contributed by atoms with E-state index in [0.29, 0.717) is 18.7 Å². The van der Waals surface area contributed by atoms with Crippen molar-refractivity contribution in [1.29, 1.82) is 0 Å². The van der Waals surface area contributed by atoms with E-state index in [4.69, 9.17) is 4.74 Å². The van der Waals surface area contributed by atoms with Crippen molar-refractivity contribution in [2.45, 2.75) is 52.7 Å². The van der Waals surface area contributed by atoms with Gasteiger partial charge in [0.25, 0.3) is 5.91 Å². The van der Waals surface area contributed by atoms with Gasteiger partial charge in [0.05, 0.1) is 0 Å². The van der Waals surface area contributed by atoms with Gasteiger partial charge in [0.2, 0.25) is 5.91 Å². The second-order valence-corrected chi connectivity index (χ2v) is 8.30. The molecule has 5 nitrogen and oxygen atoms in total. The van der Waals surface area contributed by atoms with Gasteiger partial charge in [-0.3, -0.25) is 9.59 Å². The third-order valence-electron chi connectivity index (χ3n) is 5.52. The Morgan fingerprint density at radius 2 is 1.66 bits per heavy atom. The van der Waals surface area contributed by atoms with Gasteiger partial charge in [-0.15, -0.1) is 0 Å². The highest BCUT2D eigenvalue weighted by molar-refractivity contribution is 5.90. The van der Waals surface area contributed by atoms with Gasteiger partial charge >= 0.3 is 0 Å². The lowest BCUT2D eigenvalue weighted by atomic mass is 10.1. The molecule has 0 saturated carbocycles. The molecule has 5 heteroatoms. The largest absolute Gasteiger partial charge is 0.483 e. The number of nitrogens with zero attached hydrogens (tertiary/aromatic N) is 1. The first kappa shape index (κ1) is 23.3. The highest BCUT2D eigenvalue weighted by Gasteiger charge is 2.29. The van der Waals surface area contributed by atoms with E-state index < -0.39 is 6.04 Å². The molecule has 0 bridgehead atoms. The number of hydrogen-bond donors (Lipinski definition) is 1. The number of rotatable bonds is 9. The maximum absolute atomic E-state index is 13.4. The summed E-state index contributed by atoms with van der Waals surface area (Å²) in [6.45, 7) is 8.00. The van der Waals surface area contributed by atoms with Crippen LogP contribution in [0.25, 0.3) is 10.8 Å². The van der Waals surface area contributed by atoms with Gasteiger partial charge in [-0.05, 0) is 49.8 Å². The van der Waals surface area contributed by atoms with Gasteiger partial charge in [0.15, 0.2) is 6.61 Å². The Morgan fingerprint density at radius 3 is 2.38 bits per heavy atom. The first-order chi connectivity index (χ1) is 15.4. The topological polar surface area (TPSA) is 58.6 Å². The van der Waals surface area contributed by atoms with Crippen LogP contribution in [0.5, 0.6) is 5.75 Å². The average Bonchev–Trinajstić information content (AvgIpc) is 2.78. The molecule has 0 saturated heterocycles. The summed E-state index contributed by atoms with van der Waals surface area (Å²) in [6, 6.07) is 21.1. The summed E-state index contributed by atoms with van der Waals surface area (Å²) < 4.78 is 5.96. The maximum Gasteiger partial charge on any atom is 0.261 e. The summed E-state index contributed by atoms with van der Waals surface area (Å²) in [5.74, 6) is 0.300. The van der Waals surface area contributed by atoms with Gasteiger partial charge in [0.1, 0.15) is 11.8 Å². The molecule has 3 aromatic carbocycles. The van der Waals surface area contributed by atoms with Gasteiger partial charge in [0, 0.05) is 18.0 Å². The lowest BCUT2D eigenvalue weighted by Gasteiger charge is -2.31. The number of aryl methyl sites for hydroxylation is 1. The Morgan fingerprint density at radius 1 is 0.969 bits per heavy atom. The van der Waals surface area contributed by atoms with Crippen molar-refractivity contribution in [3.8, 4) is 5.75 Å². The molecule has 2 amide bonds. The zero-order chi connectivity index (χ0) is 23.1. The minimum absolute atomic E-state index is 0.00102. The zero-order valence-electron chi connectivity index (χ0n) is 19.3. The van der Waals surface area contributed by atoms with E-state index in [9.17, 15) is 9.59 Å². The molecule has 0 aromatic heterocycles. The summed E-state index contributed by atoms with van der Waals surface area (Å²) in [4.78, 5) is 27.9. The normalized spacial score (nSPS) is 11.9. The average molecular weight is 433 g/mol. The predicted molar refractivity (Wildman–Crippen MR) is 129 cm³/mol. The number of amides is 2. The fourth-order valence-electron chi connectivity index (χ4n) is 3.82. The molecule has 0 heterocycles. The van der Waals surface area contributed by atoms with E-state index in [2.05, 4.69) is 5.32 Å². The molecule has 0 fully saturated rings. The van der Waals surface area contributed by atoms with Crippen LogP contribution in [0.1, 0.15) is 38.3 Å². The van der Waals surface area contributed by atoms with E-state index in [1.54, 1.807) is 4.90 Å². The summed E-state index contributed by atoms with van der Waals surface area (Å²) >= 11 is 0. The van der Waals surface area contributed by atoms with Crippen molar-refractivity contribution in [2.75, 3.05) is 6.61 Å². The van der Waals surface area contributed by atoms with Crippen molar-refractivity contribution in [3.05, 3.63) is 77.9 Å². The number of ether oxygens (including phenoxy) is 1. The third kappa shape index (κ3) is 5.67. The van der Waals surface area contributed by atoms with Crippen LogP contribution in [0.15, 0.2) is 66.7 Å². The fraction of sp³-hybridized carbons (Fsp3) is 0.333. The summed E-state index contributed by atoms with van der Waals surface area (Å²) in [7, 11) is 0. The summed E-state index contributed by atoms with van der Waals surface area (Å²) in [6.07, 6.45) is 0.518. The predicted octanol–water partition coefficient (Wildman–Crippen LogP) is 4.86. The van der Waals surface area contributed by atoms with Crippen molar-refractivity contribution < 1.29 is 14.3 Å². The third-order valence-corrected chi connectivity index (χ3v) is 5.52. The highest BCUT2D eigenvalue weighted by Crippen LogP contribution is 2.25. The van der Waals surface area contributed by atoms with Crippen LogP contribution in [0.4, 0.5) is 0 Å². The molecule has 3 rings (SSSR count). The lowest BCUT2D eigenvalue weighted by molar-refractivity contribution is -0.143. The Labute approximate surface area is 190 Å². The van der Waals surface area contributed by atoms with Crippen LogP contribution >= 0.6 is 0 Å². The lowest BCUT2D eigenvalue weighted by Crippen LogP contribution is -2.51. The Balaban J connectivity index is 1.84. The Hall–Kier alpha value is -3.34. The Kier molecular flexibility index (Phi) is 7.87. The van der Waals surface area contributed by atoms with Crippen molar-refractivity contribution in [1.82, 2.24) is 10.2 Å². The molecule has 0 unspecified atom stereocenters. The second-order valence-electron chi connectivity index (χ2n) is 8.30. The summed E-state index contributed by atoms with van der Waals surface area (Å²) in [5.41, 5.74) is 2.10. The van der Waals surface area contributed by atoms with Gasteiger partial charge < -0.3 is 15.0 Å². The van der Waals surface area contributed by atoms with E-state index in [1.165, 1.54) is 0 Å². The molecule has 1 N–H and O–H groups in total. The molecule has 168 valence electrons. The van der Waals surface area contributed by atoms with E-state index in [1.807, 2.05) is 94.4 Å². The van der Waals surface area contributed by atoms with Gasteiger partial charge in [-0.2, -0.15) is 0 Å². The van der Waals surface area contributed by atoms with Crippen molar-refractivity contribution in [2.24, 2.45) is 0 Å². The number of fused-ring (bicyclic) bond motifs is 1. The van der Waals surface area contributed by atoms with Gasteiger partial charge in [-0.1, -0.05) is 67.6 Å². The van der Waals surface area contributed by atoms with E-state index in [-0.39, 0.29) is 24.5 Å². The molecule has 0 aliphatic heterocycles. The fourth-order valence-corrected chi connectivity index (χ4v) is 3.82. The molecule has 0 spiro atoms. The standard InChI is InChI=1S/C27H32N2O3/c1-5-24(27(31)28-19(2)3)29(17-22-13-7-6-11-20(22)4)26(30)18-32-25-16-10-14-21-12-8-9-15-23(21)25/h6-16,19,24H,5,17-18H2,1-4H3,(H,28,31)/t24-/m1/s1. The molecule has 1 atom stereocenters. The SMILES string of the molecule is CC[C@H](C(=O)NC(C)C)N(Cc1ccccc1C)C(=O)COc1cccc2ccccc12. The molecule has 32 heavy (non-hydrogen) atoms. The number of benzene rings is 3. The number of carbonyl (C=O) groups excluding carboxylic acids is 2. The van der Waals surface area contributed by atoms with Crippen LogP contribution in [-0.4, -0.2) is 35.4 Å². The van der Waals surface area contributed by atoms with Crippen molar-refractivity contribution >= 4 is 22.6 Å². The zero-order valence-corrected chi connectivity index (χ0v) is 19.3. The van der Waals surface area contributed by atoms with E-state index >= 15 is 0 Å². The maximum atomic E-state index is 13.4. The van der Waals surface area contributed by atoms with Crippen LogP contribution in [-0.2, 0) is 16.1 Å². The summed E-state index contributed by atoms with van der Waals surface area (Å²) in [5, 5.41) is 4.96. The molecule has 0 aliphatic carbocycles. The van der Waals surface area contributed by atoms with Crippen molar-refractivity contribution in [3.63, 3.8) is 0 Å². The quantitative estimate of drug-likeness (QED) is 0.525. The van der Waals surface area contributed by atoms with Crippen LogP contribution in [0.2, 0.25) is 0 Å². The van der Waals surface area contributed by atoms with Crippen LogP contribution in [0.3, 0.4) is 0 Å². The minimum Gasteiger partial charge on any atom is -0.483 e. The molecule has 0 aliphatic rings. The number of nitrogens with one attached hydrogen (secondary N) is 1. The monoisotopic (exact) mass is 432 g/mol. The highest BCUT2D eigenvalue weighted by atomic mass is 16.5. The number of hydrogen-bond acceptors (Lipinski definition) is 3. The number of carbonyl (C=O) groups is 2. The molecule has 3 aromatic rings. The minimum atomic E-state index is -0.569.